The monoisotopic (exact) mass is 386 g/mol. The molecule has 2 aromatic rings. The molecule has 1 aromatic heterocycles. The van der Waals surface area contributed by atoms with Crippen LogP contribution < -0.4 is 4.90 Å². The quantitative estimate of drug-likeness (QED) is 0.746. The number of pyridine rings is 1. The Balaban J connectivity index is 2.23. The van der Waals surface area contributed by atoms with Crippen molar-refractivity contribution in [3.05, 3.63) is 59.3 Å². The fourth-order valence-corrected chi connectivity index (χ4v) is 2.80. The summed E-state index contributed by atoms with van der Waals surface area (Å²) in [6, 6.07) is 12.8. The second kappa shape index (κ2) is 9.85. The first-order chi connectivity index (χ1) is 13.3. The van der Waals surface area contributed by atoms with Gasteiger partial charge < -0.3 is 14.6 Å². The van der Waals surface area contributed by atoms with Gasteiger partial charge in [0.05, 0.1) is 19.8 Å². The molecule has 0 aliphatic heterocycles. The lowest BCUT2D eigenvalue weighted by atomic mass is 10.0. The molecule has 0 bridgehead atoms. The molecule has 0 fully saturated rings. The molecular weight excluding hydrogens is 360 g/mol. The van der Waals surface area contributed by atoms with Crippen molar-refractivity contribution in [1.29, 1.82) is 0 Å². The van der Waals surface area contributed by atoms with Gasteiger partial charge in [-0.15, -0.1) is 0 Å². The zero-order chi connectivity index (χ0) is 20.7. The van der Waals surface area contributed by atoms with Gasteiger partial charge in [0, 0.05) is 12.1 Å². The van der Waals surface area contributed by atoms with Gasteiger partial charge in [-0.05, 0) is 44.0 Å². The number of hydrogen-bond acceptors (Lipinski definition) is 5. The molecular formula is C21H26N2O5. The van der Waals surface area contributed by atoms with Crippen LogP contribution in [0, 0.1) is 6.92 Å². The van der Waals surface area contributed by atoms with Crippen LogP contribution in [0.3, 0.4) is 0 Å². The number of carbonyl (C=O) groups is 2. The maximum atomic E-state index is 12.3. The number of anilines is 1. The minimum absolute atomic E-state index is 0.188. The summed E-state index contributed by atoms with van der Waals surface area (Å²) in [6.07, 6.45) is -1.39. The summed E-state index contributed by atoms with van der Waals surface area (Å²) < 4.78 is 10.4. The molecule has 0 spiro atoms. The number of aryl methyl sites for hydroxylation is 1. The van der Waals surface area contributed by atoms with Gasteiger partial charge >= 0.3 is 12.1 Å². The van der Waals surface area contributed by atoms with Crippen molar-refractivity contribution in [1.82, 2.24) is 4.98 Å². The van der Waals surface area contributed by atoms with Gasteiger partial charge in [0.15, 0.2) is 6.10 Å². The Kier molecular flexibility index (Phi) is 7.52. The summed E-state index contributed by atoms with van der Waals surface area (Å²) in [5.74, 6) is -0.511. The summed E-state index contributed by atoms with van der Waals surface area (Å²) in [5.41, 5.74) is 2.43. The van der Waals surface area contributed by atoms with Gasteiger partial charge in [-0.2, -0.15) is 0 Å². The van der Waals surface area contributed by atoms with E-state index in [0.29, 0.717) is 5.82 Å². The van der Waals surface area contributed by atoms with E-state index in [0.717, 1.165) is 16.8 Å². The number of methoxy groups -OCH3 is 1. The van der Waals surface area contributed by atoms with Gasteiger partial charge in [-0.1, -0.05) is 30.3 Å². The first-order valence-corrected chi connectivity index (χ1v) is 9.05. The van der Waals surface area contributed by atoms with E-state index < -0.39 is 18.2 Å². The number of amides is 1. The van der Waals surface area contributed by atoms with E-state index >= 15 is 0 Å². The molecule has 7 nitrogen and oxygen atoms in total. The Bertz CT molecular complexity index is 822. The molecule has 7 heteroatoms. The number of rotatable bonds is 8. The fourth-order valence-electron chi connectivity index (χ4n) is 2.80. The van der Waals surface area contributed by atoms with Crippen LogP contribution in [-0.2, 0) is 27.2 Å². The minimum Gasteiger partial charge on any atom is -0.479 e. The zero-order valence-electron chi connectivity index (χ0n) is 16.6. The highest BCUT2D eigenvalue weighted by atomic mass is 16.5. The minimum atomic E-state index is -1.00. The third-order valence-corrected chi connectivity index (χ3v) is 4.01. The van der Waals surface area contributed by atoms with Crippen molar-refractivity contribution in [2.24, 2.45) is 0 Å². The fraction of sp³-hybridized carbons (Fsp3) is 0.381. The van der Waals surface area contributed by atoms with Crippen molar-refractivity contribution in [3.63, 3.8) is 0 Å². The van der Waals surface area contributed by atoms with E-state index in [1.54, 1.807) is 19.9 Å². The molecule has 1 atom stereocenters. The molecule has 1 heterocycles. The molecule has 28 heavy (non-hydrogen) atoms. The van der Waals surface area contributed by atoms with E-state index in [9.17, 15) is 14.7 Å². The van der Waals surface area contributed by atoms with Crippen molar-refractivity contribution in [2.45, 2.75) is 45.9 Å². The molecule has 0 saturated heterocycles. The topological polar surface area (TPSA) is 89.0 Å². The van der Waals surface area contributed by atoms with Crippen LogP contribution in [0.2, 0.25) is 0 Å². The van der Waals surface area contributed by atoms with Crippen LogP contribution in [0.1, 0.15) is 30.7 Å². The zero-order valence-corrected chi connectivity index (χ0v) is 16.6. The molecule has 2 rings (SSSR count). The summed E-state index contributed by atoms with van der Waals surface area (Å²) in [5, 5.41) is 9.37. The standard InChI is InChI=1S/C21H26N2O5/c1-14(2)28-18(20(24)25)12-16-8-6-9-17(11-16)13-23(21(26)27-4)19-10-5-7-15(3)22-19/h5-11,14,18H,12-13H2,1-4H3,(H,24,25). The number of carboxylic acids is 1. The normalized spacial score (nSPS) is 11.9. The largest absolute Gasteiger partial charge is 0.479 e. The second-order valence-corrected chi connectivity index (χ2v) is 6.73. The maximum absolute atomic E-state index is 12.3. The van der Waals surface area contributed by atoms with Crippen LogP contribution >= 0.6 is 0 Å². The number of nitrogens with zero attached hydrogens (tertiary/aromatic N) is 2. The van der Waals surface area contributed by atoms with Crippen LogP contribution in [0.25, 0.3) is 0 Å². The molecule has 1 amide bonds. The highest BCUT2D eigenvalue weighted by molar-refractivity contribution is 5.86. The Morgan fingerprint density at radius 3 is 2.43 bits per heavy atom. The third kappa shape index (κ3) is 6.06. The Labute approximate surface area is 164 Å². The van der Waals surface area contributed by atoms with E-state index in [-0.39, 0.29) is 19.1 Å². The van der Waals surface area contributed by atoms with Crippen LogP contribution in [0.15, 0.2) is 42.5 Å². The van der Waals surface area contributed by atoms with Crippen LogP contribution in [-0.4, -0.2) is 41.5 Å². The van der Waals surface area contributed by atoms with Gasteiger partial charge in [-0.3, -0.25) is 4.90 Å². The Hall–Kier alpha value is -2.93. The van der Waals surface area contributed by atoms with E-state index in [1.807, 2.05) is 43.3 Å². The lowest BCUT2D eigenvalue weighted by Crippen LogP contribution is -2.31. The molecule has 1 unspecified atom stereocenters. The maximum Gasteiger partial charge on any atom is 0.415 e. The summed E-state index contributed by atoms with van der Waals surface area (Å²) in [6.45, 7) is 5.70. The molecule has 0 aliphatic rings. The summed E-state index contributed by atoms with van der Waals surface area (Å²) in [4.78, 5) is 29.5. The first kappa shape index (κ1) is 21.4. The molecule has 1 aromatic carbocycles. The second-order valence-electron chi connectivity index (χ2n) is 6.73. The van der Waals surface area contributed by atoms with Gasteiger partial charge in [0.2, 0.25) is 0 Å². The molecule has 0 saturated carbocycles. The molecule has 1 N–H and O–H groups in total. The number of ether oxygens (including phenoxy) is 2. The van der Waals surface area contributed by atoms with Crippen LogP contribution in [0.4, 0.5) is 10.6 Å². The molecule has 0 aliphatic carbocycles. The van der Waals surface area contributed by atoms with Crippen molar-refractivity contribution < 1.29 is 24.2 Å². The van der Waals surface area contributed by atoms with Gasteiger partial charge in [-0.25, -0.2) is 14.6 Å². The number of hydrogen-bond donors (Lipinski definition) is 1. The number of aliphatic carboxylic acids is 1. The summed E-state index contributed by atoms with van der Waals surface area (Å²) in [7, 11) is 1.32. The summed E-state index contributed by atoms with van der Waals surface area (Å²) >= 11 is 0. The highest BCUT2D eigenvalue weighted by Crippen LogP contribution is 2.18. The van der Waals surface area contributed by atoms with Crippen molar-refractivity contribution >= 4 is 17.9 Å². The molecule has 150 valence electrons. The van der Waals surface area contributed by atoms with Crippen molar-refractivity contribution in [2.75, 3.05) is 12.0 Å². The highest BCUT2D eigenvalue weighted by Gasteiger charge is 2.21. The number of benzene rings is 1. The lowest BCUT2D eigenvalue weighted by molar-refractivity contribution is -0.153. The predicted molar refractivity (Wildman–Crippen MR) is 105 cm³/mol. The van der Waals surface area contributed by atoms with Gasteiger partial charge in [0.1, 0.15) is 5.82 Å². The Morgan fingerprint density at radius 1 is 1.14 bits per heavy atom. The molecule has 0 radical (unpaired) electrons. The Morgan fingerprint density at radius 2 is 1.82 bits per heavy atom. The third-order valence-electron chi connectivity index (χ3n) is 4.01. The number of carboxylic acid groups (broad SMARTS) is 1. The predicted octanol–water partition coefficient (Wildman–Crippen LogP) is 3.58. The lowest BCUT2D eigenvalue weighted by Gasteiger charge is -2.21. The van der Waals surface area contributed by atoms with E-state index in [1.165, 1.54) is 12.0 Å². The first-order valence-electron chi connectivity index (χ1n) is 9.05. The smallest absolute Gasteiger partial charge is 0.415 e. The average Bonchev–Trinajstić information content (AvgIpc) is 2.65. The average molecular weight is 386 g/mol. The number of carbonyl (C=O) groups excluding carboxylic acids is 1. The van der Waals surface area contributed by atoms with E-state index in [2.05, 4.69) is 4.98 Å². The van der Waals surface area contributed by atoms with E-state index in [4.69, 9.17) is 9.47 Å². The van der Waals surface area contributed by atoms with Gasteiger partial charge in [0.25, 0.3) is 0 Å². The SMILES string of the molecule is COC(=O)N(Cc1cccc(CC(OC(C)C)C(=O)O)c1)c1cccc(C)n1. The number of aromatic nitrogens is 1. The van der Waals surface area contributed by atoms with Crippen molar-refractivity contribution in [3.8, 4) is 0 Å². The van der Waals surface area contributed by atoms with Crippen LogP contribution in [0.5, 0.6) is 0 Å².